The molecule has 1 aliphatic carbocycles. The van der Waals surface area contributed by atoms with Crippen LogP contribution in [0.15, 0.2) is 34.9 Å². The first kappa shape index (κ1) is 11.9. The van der Waals surface area contributed by atoms with Crippen molar-refractivity contribution in [2.24, 2.45) is 0 Å². The van der Waals surface area contributed by atoms with Crippen molar-refractivity contribution in [3.8, 4) is 0 Å². The monoisotopic (exact) mass is 256 g/mol. The number of carbonyl (C=O) groups is 2. The van der Waals surface area contributed by atoms with E-state index in [2.05, 4.69) is 0 Å². The standard InChI is InChI=1S/C15H12O4/c1-15(8-17)11-5-3-2-4-10(11)13(18)14-12(15)9(6-16)7-19-14/h2-7,17H,8H2,1H3. The number of benzene rings is 1. The second kappa shape index (κ2) is 3.90. The molecule has 3 rings (SSSR count). The third-order valence-corrected chi connectivity index (χ3v) is 3.79. The van der Waals surface area contributed by atoms with Gasteiger partial charge in [0.15, 0.2) is 12.0 Å². The molecule has 19 heavy (non-hydrogen) atoms. The van der Waals surface area contributed by atoms with Gasteiger partial charge in [-0.25, -0.2) is 0 Å². The lowest BCUT2D eigenvalue weighted by Gasteiger charge is -2.33. The van der Waals surface area contributed by atoms with Crippen LogP contribution in [0.25, 0.3) is 0 Å². The van der Waals surface area contributed by atoms with E-state index in [1.165, 1.54) is 6.26 Å². The molecular formula is C15H12O4. The van der Waals surface area contributed by atoms with Gasteiger partial charge in [-0.05, 0) is 12.5 Å². The van der Waals surface area contributed by atoms with E-state index in [4.69, 9.17) is 4.42 Å². The molecule has 2 aromatic rings. The van der Waals surface area contributed by atoms with Gasteiger partial charge in [-0.3, -0.25) is 9.59 Å². The van der Waals surface area contributed by atoms with E-state index in [0.717, 1.165) is 5.56 Å². The summed E-state index contributed by atoms with van der Waals surface area (Å²) in [5.41, 5.74) is 1.23. The van der Waals surface area contributed by atoms with Gasteiger partial charge in [0.25, 0.3) is 0 Å². The summed E-state index contributed by atoms with van der Waals surface area (Å²) in [4.78, 5) is 23.5. The minimum Gasteiger partial charge on any atom is -0.460 e. The lowest BCUT2D eigenvalue weighted by molar-refractivity contribution is 0.0994. The molecule has 0 saturated carbocycles. The summed E-state index contributed by atoms with van der Waals surface area (Å²) in [6.45, 7) is 1.60. The maximum absolute atomic E-state index is 12.3. The van der Waals surface area contributed by atoms with Gasteiger partial charge in [0, 0.05) is 16.5 Å². The Morgan fingerprint density at radius 1 is 1.37 bits per heavy atom. The number of ketones is 1. The Hall–Kier alpha value is -2.20. The molecule has 1 unspecified atom stereocenters. The highest BCUT2D eigenvalue weighted by Crippen LogP contribution is 2.43. The molecule has 4 heteroatoms. The van der Waals surface area contributed by atoms with E-state index in [9.17, 15) is 14.7 Å². The Balaban J connectivity index is 2.40. The quantitative estimate of drug-likeness (QED) is 0.834. The summed E-state index contributed by atoms with van der Waals surface area (Å²) in [5, 5.41) is 9.80. The van der Waals surface area contributed by atoms with Crippen molar-refractivity contribution in [2.75, 3.05) is 6.61 Å². The average molecular weight is 256 g/mol. The number of furan rings is 1. The summed E-state index contributed by atoms with van der Waals surface area (Å²) in [5.74, 6) is -0.0954. The molecule has 0 spiro atoms. The molecule has 0 fully saturated rings. The molecule has 1 aliphatic rings. The lowest BCUT2D eigenvalue weighted by atomic mass is 9.69. The van der Waals surface area contributed by atoms with Gasteiger partial charge in [-0.2, -0.15) is 0 Å². The molecule has 4 nitrogen and oxygen atoms in total. The summed E-state index contributed by atoms with van der Waals surface area (Å²) in [7, 11) is 0. The molecule has 0 bridgehead atoms. The van der Waals surface area contributed by atoms with Crippen molar-refractivity contribution in [1.29, 1.82) is 0 Å². The summed E-state index contributed by atoms with van der Waals surface area (Å²) >= 11 is 0. The van der Waals surface area contributed by atoms with Crippen LogP contribution in [0.1, 0.15) is 44.5 Å². The highest BCUT2D eigenvalue weighted by molar-refractivity contribution is 6.12. The largest absolute Gasteiger partial charge is 0.460 e. The fraction of sp³-hybridized carbons (Fsp3) is 0.200. The summed E-state index contributed by atoms with van der Waals surface area (Å²) < 4.78 is 5.25. The number of carbonyl (C=O) groups excluding carboxylic acids is 2. The van der Waals surface area contributed by atoms with Crippen molar-refractivity contribution in [2.45, 2.75) is 12.3 Å². The molecule has 1 N–H and O–H groups in total. The normalized spacial score (nSPS) is 20.8. The first-order chi connectivity index (χ1) is 9.13. The van der Waals surface area contributed by atoms with Gasteiger partial charge < -0.3 is 9.52 Å². The van der Waals surface area contributed by atoms with Crippen LogP contribution in [0.3, 0.4) is 0 Å². The van der Waals surface area contributed by atoms with Crippen molar-refractivity contribution in [1.82, 2.24) is 0 Å². The molecule has 0 saturated heterocycles. The minimum atomic E-state index is -0.802. The minimum absolute atomic E-state index is 0.150. The third-order valence-electron chi connectivity index (χ3n) is 3.79. The summed E-state index contributed by atoms with van der Waals surface area (Å²) in [6.07, 6.45) is 1.92. The van der Waals surface area contributed by atoms with Gasteiger partial charge in [0.05, 0.1) is 12.2 Å². The van der Waals surface area contributed by atoms with Gasteiger partial charge in [-0.1, -0.05) is 24.3 Å². The molecule has 1 heterocycles. The number of hydrogen-bond donors (Lipinski definition) is 1. The Morgan fingerprint density at radius 2 is 2.11 bits per heavy atom. The second-order valence-electron chi connectivity index (χ2n) is 4.88. The Labute approximate surface area is 109 Å². The van der Waals surface area contributed by atoms with Crippen LogP contribution in [0.4, 0.5) is 0 Å². The Morgan fingerprint density at radius 3 is 2.79 bits per heavy atom. The smallest absolute Gasteiger partial charge is 0.228 e. The fourth-order valence-electron chi connectivity index (χ4n) is 2.78. The van der Waals surface area contributed by atoms with Crippen LogP contribution in [0, 0.1) is 0 Å². The van der Waals surface area contributed by atoms with E-state index in [-0.39, 0.29) is 18.2 Å². The molecule has 1 aromatic carbocycles. The number of aliphatic hydroxyl groups is 1. The zero-order chi connectivity index (χ0) is 13.6. The van der Waals surface area contributed by atoms with E-state index < -0.39 is 5.41 Å². The zero-order valence-electron chi connectivity index (χ0n) is 10.3. The predicted octanol–water partition coefficient (Wildman–Crippen LogP) is 1.93. The average Bonchev–Trinajstić information content (AvgIpc) is 2.89. The van der Waals surface area contributed by atoms with E-state index in [1.807, 2.05) is 6.07 Å². The maximum atomic E-state index is 12.3. The Kier molecular flexibility index (Phi) is 2.43. The first-order valence-electron chi connectivity index (χ1n) is 5.95. The Bertz CT molecular complexity index is 683. The number of aldehydes is 1. The van der Waals surface area contributed by atoms with Crippen LogP contribution in [0.5, 0.6) is 0 Å². The first-order valence-corrected chi connectivity index (χ1v) is 5.95. The van der Waals surface area contributed by atoms with Gasteiger partial charge in [-0.15, -0.1) is 0 Å². The van der Waals surface area contributed by atoms with E-state index in [0.29, 0.717) is 23.0 Å². The van der Waals surface area contributed by atoms with Crippen molar-refractivity contribution in [3.05, 3.63) is 58.5 Å². The topological polar surface area (TPSA) is 67.5 Å². The fourth-order valence-corrected chi connectivity index (χ4v) is 2.78. The summed E-state index contributed by atoms with van der Waals surface area (Å²) in [6, 6.07) is 7.08. The number of rotatable bonds is 2. The SMILES string of the molecule is CC1(CO)c2ccccc2C(=O)c2occ(C=O)c21. The molecule has 0 radical (unpaired) electrons. The van der Waals surface area contributed by atoms with Crippen molar-refractivity contribution in [3.63, 3.8) is 0 Å². The van der Waals surface area contributed by atoms with Crippen LogP contribution in [0.2, 0.25) is 0 Å². The second-order valence-corrected chi connectivity index (χ2v) is 4.88. The highest BCUT2D eigenvalue weighted by Gasteiger charge is 2.43. The van der Waals surface area contributed by atoms with E-state index in [1.54, 1.807) is 25.1 Å². The van der Waals surface area contributed by atoms with Gasteiger partial charge >= 0.3 is 0 Å². The van der Waals surface area contributed by atoms with Crippen molar-refractivity contribution >= 4 is 12.1 Å². The molecule has 96 valence electrons. The number of aliphatic hydroxyl groups excluding tert-OH is 1. The molecule has 1 atom stereocenters. The van der Waals surface area contributed by atoms with Crippen LogP contribution < -0.4 is 0 Å². The molecule has 0 aliphatic heterocycles. The van der Waals surface area contributed by atoms with Crippen molar-refractivity contribution < 1.29 is 19.1 Å². The number of fused-ring (bicyclic) bond motifs is 2. The predicted molar refractivity (Wildman–Crippen MR) is 67.5 cm³/mol. The highest BCUT2D eigenvalue weighted by atomic mass is 16.3. The molecule has 0 amide bonds. The lowest BCUT2D eigenvalue weighted by Crippen LogP contribution is -2.36. The third kappa shape index (κ3) is 1.37. The van der Waals surface area contributed by atoms with E-state index >= 15 is 0 Å². The van der Waals surface area contributed by atoms with Gasteiger partial charge in [0.1, 0.15) is 6.26 Å². The van der Waals surface area contributed by atoms with Crippen LogP contribution >= 0.6 is 0 Å². The molecule has 1 aromatic heterocycles. The van der Waals surface area contributed by atoms with Crippen LogP contribution in [-0.2, 0) is 5.41 Å². The molecular weight excluding hydrogens is 244 g/mol. The maximum Gasteiger partial charge on any atom is 0.228 e. The number of hydrogen-bond acceptors (Lipinski definition) is 4. The van der Waals surface area contributed by atoms with Crippen LogP contribution in [-0.4, -0.2) is 23.8 Å². The zero-order valence-corrected chi connectivity index (χ0v) is 10.3. The van der Waals surface area contributed by atoms with Gasteiger partial charge in [0.2, 0.25) is 5.78 Å².